The lowest BCUT2D eigenvalue weighted by Crippen LogP contribution is -1.96. The number of nitrogens with one attached hydrogen (secondary N) is 1. The van der Waals surface area contributed by atoms with Gasteiger partial charge in [0, 0.05) is 6.20 Å². The lowest BCUT2D eigenvalue weighted by Gasteiger charge is -2.06. The number of anilines is 2. The van der Waals surface area contributed by atoms with Gasteiger partial charge < -0.3 is 10.2 Å². The quantitative estimate of drug-likeness (QED) is 0.544. The van der Waals surface area contributed by atoms with Crippen LogP contribution in [0.3, 0.4) is 0 Å². The van der Waals surface area contributed by atoms with Crippen molar-refractivity contribution in [2.75, 3.05) is 12.4 Å². The third-order valence-electron chi connectivity index (χ3n) is 3.36. The lowest BCUT2D eigenvalue weighted by atomic mass is 10.3. The maximum atomic E-state index is 4.83. The molecule has 6 heteroatoms. The molecule has 0 spiro atoms. The fraction of sp³-hybridized carbons (Fsp3) is 0.167. The summed E-state index contributed by atoms with van der Waals surface area (Å²) < 4.78 is 0. The Kier molecular flexibility index (Phi) is 4.86. The highest BCUT2D eigenvalue weighted by molar-refractivity contribution is 7.17. The summed E-state index contributed by atoms with van der Waals surface area (Å²) in [6, 6.07) is 13.9. The summed E-state index contributed by atoms with van der Waals surface area (Å²) in [5.74, 6) is 1.55. The minimum atomic E-state index is 0.767. The van der Waals surface area contributed by atoms with E-state index in [1.165, 1.54) is 0 Å². The van der Waals surface area contributed by atoms with E-state index in [1.54, 1.807) is 24.6 Å². The SMILES string of the molecule is CON=C(C)c1ccc(-c2cccc(Nc3cc(C)ccn3)n2)s1. The van der Waals surface area contributed by atoms with E-state index in [9.17, 15) is 0 Å². The van der Waals surface area contributed by atoms with Crippen LogP contribution < -0.4 is 5.32 Å². The van der Waals surface area contributed by atoms with Crippen molar-refractivity contribution >= 4 is 28.7 Å². The highest BCUT2D eigenvalue weighted by Crippen LogP contribution is 2.28. The van der Waals surface area contributed by atoms with Crippen LogP contribution in [0.15, 0.2) is 53.8 Å². The molecule has 0 amide bonds. The molecule has 122 valence electrons. The number of aromatic nitrogens is 2. The summed E-state index contributed by atoms with van der Waals surface area (Å²) in [6.07, 6.45) is 1.78. The average Bonchev–Trinajstić information content (AvgIpc) is 3.05. The van der Waals surface area contributed by atoms with Gasteiger partial charge in [-0.15, -0.1) is 11.3 Å². The Morgan fingerprint density at radius 1 is 1.17 bits per heavy atom. The Balaban J connectivity index is 1.84. The van der Waals surface area contributed by atoms with Crippen molar-refractivity contribution in [1.29, 1.82) is 0 Å². The first kappa shape index (κ1) is 16.1. The van der Waals surface area contributed by atoms with Gasteiger partial charge in [-0.1, -0.05) is 11.2 Å². The summed E-state index contributed by atoms with van der Waals surface area (Å²) >= 11 is 1.63. The highest BCUT2D eigenvalue weighted by Gasteiger charge is 2.08. The second kappa shape index (κ2) is 7.23. The molecule has 0 aliphatic heterocycles. The highest BCUT2D eigenvalue weighted by atomic mass is 32.1. The molecule has 5 nitrogen and oxygen atoms in total. The standard InChI is InChI=1S/C18H18N4OS/c1-12-9-10-19-18(11-12)21-17-6-4-5-14(20-17)16-8-7-15(24-16)13(2)22-23-3/h4-11H,1-3H3,(H,19,20,21). The topological polar surface area (TPSA) is 59.4 Å². The molecule has 0 saturated carbocycles. The van der Waals surface area contributed by atoms with Crippen molar-refractivity contribution in [2.24, 2.45) is 5.16 Å². The molecule has 0 unspecified atom stereocenters. The Hall–Kier alpha value is -2.73. The average molecular weight is 338 g/mol. The zero-order valence-electron chi connectivity index (χ0n) is 13.8. The summed E-state index contributed by atoms with van der Waals surface area (Å²) in [7, 11) is 1.55. The number of rotatable bonds is 5. The molecule has 1 N–H and O–H groups in total. The zero-order chi connectivity index (χ0) is 16.9. The van der Waals surface area contributed by atoms with Crippen LogP contribution in [0.1, 0.15) is 17.4 Å². The van der Waals surface area contributed by atoms with Gasteiger partial charge in [-0.2, -0.15) is 0 Å². The van der Waals surface area contributed by atoms with Gasteiger partial charge in [0.15, 0.2) is 0 Å². The Labute approximate surface area is 145 Å². The van der Waals surface area contributed by atoms with Crippen molar-refractivity contribution in [2.45, 2.75) is 13.8 Å². The summed E-state index contributed by atoms with van der Waals surface area (Å²) in [6.45, 7) is 3.96. The van der Waals surface area contributed by atoms with Crippen LogP contribution in [0.4, 0.5) is 11.6 Å². The van der Waals surface area contributed by atoms with Gasteiger partial charge in [-0.25, -0.2) is 9.97 Å². The van der Waals surface area contributed by atoms with Gasteiger partial charge in [0.05, 0.1) is 21.2 Å². The number of thiophene rings is 1. The first-order valence-corrected chi connectivity index (χ1v) is 8.32. The Morgan fingerprint density at radius 2 is 2.04 bits per heavy atom. The number of hydrogen-bond acceptors (Lipinski definition) is 6. The van der Waals surface area contributed by atoms with Crippen molar-refractivity contribution < 1.29 is 4.84 Å². The Morgan fingerprint density at radius 3 is 2.83 bits per heavy atom. The monoisotopic (exact) mass is 338 g/mol. The fourth-order valence-corrected chi connectivity index (χ4v) is 3.14. The van der Waals surface area contributed by atoms with E-state index in [2.05, 4.69) is 20.4 Å². The molecule has 0 aliphatic carbocycles. The molecular formula is C18H18N4OS. The van der Waals surface area contributed by atoms with Crippen molar-refractivity contribution in [1.82, 2.24) is 9.97 Å². The van der Waals surface area contributed by atoms with E-state index in [1.807, 2.05) is 56.3 Å². The molecular weight excluding hydrogens is 320 g/mol. The van der Waals surface area contributed by atoms with E-state index in [4.69, 9.17) is 4.84 Å². The van der Waals surface area contributed by atoms with Crippen molar-refractivity contribution in [3.63, 3.8) is 0 Å². The minimum absolute atomic E-state index is 0.767. The summed E-state index contributed by atoms with van der Waals surface area (Å²) in [5.41, 5.74) is 2.92. The van der Waals surface area contributed by atoms with Crippen LogP contribution >= 0.6 is 11.3 Å². The largest absolute Gasteiger partial charge is 0.399 e. The fourth-order valence-electron chi connectivity index (χ4n) is 2.23. The number of pyridine rings is 2. The smallest absolute Gasteiger partial charge is 0.132 e. The molecule has 0 fully saturated rings. The van der Waals surface area contributed by atoms with E-state index >= 15 is 0 Å². The van der Waals surface area contributed by atoms with Gasteiger partial charge in [-0.05, 0) is 55.8 Å². The summed E-state index contributed by atoms with van der Waals surface area (Å²) in [4.78, 5) is 16.0. The maximum Gasteiger partial charge on any atom is 0.132 e. The molecule has 0 radical (unpaired) electrons. The van der Waals surface area contributed by atoms with Crippen LogP contribution in [0.5, 0.6) is 0 Å². The summed E-state index contributed by atoms with van der Waals surface area (Å²) in [5, 5.41) is 7.21. The van der Waals surface area contributed by atoms with E-state index in [0.717, 1.165) is 38.4 Å². The van der Waals surface area contributed by atoms with Crippen LogP contribution in [-0.4, -0.2) is 22.8 Å². The molecule has 0 bridgehead atoms. The second-order valence-electron chi connectivity index (χ2n) is 5.27. The van der Waals surface area contributed by atoms with Gasteiger partial charge in [-0.3, -0.25) is 0 Å². The van der Waals surface area contributed by atoms with Crippen LogP contribution in [0.2, 0.25) is 0 Å². The van der Waals surface area contributed by atoms with E-state index < -0.39 is 0 Å². The van der Waals surface area contributed by atoms with Crippen LogP contribution in [0, 0.1) is 6.92 Å². The molecule has 0 saturated heterocycles. The third kappa shape index (κ3) is 3.78. The number of aryl methyl sites for hydroxylation is 1. The van der Waals surface area contributed by atoms with E-state index in [0.29, 0.717) is 0 Å². The first-order valence-electron chi connectivity index (χ1n) is 7.51. The maximum absolute atomic E-state index is 4.83. The number of hydrogen-bond donors (Lipinski definition) is 1. The van der Waals surface area contributed by atoms with Crippen LogP contribution in [0.25, 0.3) is 10.6 Å². The second-order valence-corrected chi connectivity index (χ2v) is 6.36. The normalized spacial score (nSPS) is 11.4. The predicted octanol–water partition coefficient (Wildman–Crippen LogP) is 4.63. The predicted molar refractivity (Wildman–Crippen MR) is 99.0 cm³/mol. The lowest BCUT2D eigenvalue weighted by molar-refractivity contribution is 0.213. The van der Waals surface area contributed by atoms with Crippen LogP contribution in [-0.2, 0) is 4.84 Å². The molecule has 0 atom stereocenters. The zero-order valence-corrected chi connectivity index (χ0v) is 14.6. The third-order valence-corrected chi connectivity index (χ3v) is 4.58. The molecule has 3 heterocycles. The minimum Gasteiger partial charge on any atom is -0.399 e. The first-order chi connectivity index (χ1) is 11.7. The van der Waals surface area contributed by atoms with Gasteiger partial charge in [0.1, 0.15) is 18.7 Å². The molecule has 3 aromatic heterocycles. The molecule has 3 aromatic rings. The van der Waals surface area contributed by atoms with E-state index in [-0.39, 0.29) is 0 Å². The molecule has 0 aliphatic rings. The molecule has 0 aromatic carbocycles. The Bertz CT molecular complexity index is 873. The van der Waals surface area contributed by atoms with Crippen molar-refractivity contribution in [3.8, 4) is 10.6 Å². The molecule has 3 rings (SSSR count). The van der Waals surface area contributed by atoms with Gasteiger partial charge >= 0.3 is 0 Å². The van der Waals surface area contributed by atoms with Gasteiger partial charge in [0.2, 0.25) is 0 Å². The van der Waals surface area contributed by atoms with Crippen molar-refractivity contribution in [3.05, 3.63) is 59.1 Å². The molecule has 24 heavy (non-hydrogen) atoms. The number of oxime groups is 1. The van der Waals surface area contributed by atoms with Gasteiger partial charge in [0.25, 0.3) is 0 Å². The number of nitrogens with zero attached hydrogens (tertiary/aromatic N) is 3.